The molecule has 0 atom stereocenters. The van der Waals surface area contributed by atoms with E-state index in [1.54, 1.807) is 50.6 Å². The first-order valence-corrected chi connectivity index (χ1v) is 9.78. The van der Waals surface area contributed by atoms with E-state index in [0.717, 1.165) is 8.95 Å². The standard InChI is InChI=1S/C19H20Br2N2O4/c1-26-16-6-4-12(10-14(16)20)18(24)22-8-3-9-23-19(25)13-5-7-17(27-2)15(21)11-13/h4-7,10-11H,3,8-9H2,1-2H3,(H,22,24)(H,23,25). The van der Waals surface area contributed by atoms with Crippen molar-refractivity contribution in [1.29, 1.82) is 0 Å². The lowest BCUT2D eigenvalue weighted by atomic mass is 10.2. The van der Waals surface area contributed by atoms with Gasteiger partial charge in [-0.3, -0.25) is 9.59 Å². The second kappa shape index (κ2) is 10.3. The fourth-order valence-electron chi connectivity index (χ4n) is 2.31. The second-order valence-corrected chi connectivity index (χ2v) is 7.27. The molecule has 2 N–H and O–H groups in total. The summed E-state index contributed by atoms with van der Waals surface area (Å²) in [4.78, 5) is 24.3. The van der Waals surface area contributed by atoms with Crippen molar-refractivity contribution in [3.63, 3.8) is 0 Å². The first kappa shape index (κ1) is 21.2. The quantitative estimate of drug-likeness (QED) is 0.542. The molecule has 144 valence electrons. The van der Waals surface area contributed by atoms with Gasteiger partial charge in [-0.2, -0.15) is 0 Å². The number of hydrogen-bond acceptors (Lipinski definition) is 4. The van der Waals surface area contributed by atoms with Crippen LogP contribution in [0.15, 0.2) is 45.3 Å². The number of rotatable bonds is 8. The molecule has 0 unspecified atom stereocenters. The van der Waals surface area contributed by atoms with Gasteiger partial charge in [0, 0.05) is 24.2 Å². The van der Waals surface area contributed by atoms with E-state index in [-0.39, 0.29) is 11.8 Å². The maximum absolute atomic E-state index is 12.1. The topological polar surface area (TPSA) is 76.7 Å². The maximum atomic E-state index is 12.1. The number of halogens is 2. The molecule has 2 aromatic rings. The van der Waals surface area contributed by atoms with Crippen LogP contribution in [0.25, 0.3) is 0 Å². The number of nitrogens with one attached hydrogen (secondary N) is 2. The van der Waals surface area contributed by atoms with Crippen molar-refractivity contribution < 1.29 is 19.1 Å². The fraction of sp³-hybridized carbons (Fsp3) is 0.263. The van der Waals surface area contributed by atoms with Gasteiger partial charge in [-0.15, -0.1) is 0 Å². The molecule has 0 aliphatic carbocycles. The molecule has 0 saturated carbocycles. The van der Waals surface area contributed by atoms with Crippen LogP contribution < -0.4 is 20.1 Å². The Balaban J connectivity index is 1.75. The smallest absolute Gasteiger partial charge is 0.251 e. The van der Waals surface area contributed by atoms with Crippen LogP contribution in [-0.2, 0) is 0 Å². The molecule has 0 bridgehead atoms. The Labute approximate surface area is 174 Å². The van der Waals surface area contributed by atoms with E-state index in [1.165, 1.54) is 0 Å². The van der Waals surface area contributed by atoms with E-state index in [9.17, 15) is 9.59 Å². The fourth-order valence-corrected chi connectivity index (χ4v) is 3.39. The van der Waals surface area contributed by atoms with Crippen LogP contribution in [0.3, 0.4) is 0 Å². The molecule has 27 heavy (non-hydrogen) atoms. The van der Waals surface area contributed by atoms with Crippen LogP contribution in [-0.4, -0.2) is 39.1 Å². The van der Waals surface area contributed by atoms with Gasteiger partial charge in [0.05, 0.1) is 23.2 Å². The predicted octanol–water partition coefficient (Wildman–Crippen LogP) is 3.78. The summed E-state index contributed by atoms with van der Waals surface area (Å²) in [6.07, 6.45) is 0.617. The van der Waals surface area contributed by atoms with Gasteiger partial charge in [-0.1, -0.05) is 0 Å². The average Bonchev–Trinajstić information content (AvgIpc) is 2.67. The molecule has 2 amide bonds. The predicted molar refractivity (Wildman–Crippen MR) is 111 cm³/mol. The monoisotopic (exact) mass is 498 g/mol. The molecule has 0 aliphatic heterocycles. The van der Waals surface area contributed by atoms with Gasteiger partial charge < -0.3 is 20.1 Å². The minimum absolute atomic E-state index is 0.177. The molecule has 2 aromatic carbocycles. The van der Waals surface area contributed by atoms with Crippen molar-refractivity contribution in [1.82, 2.24) is 10.6 Å². The molecule has 8 heteroatoms. The summed E-state index contributed by atoms with van der Waals surface area (Å²) in [5, 5.41) is 5.65. The third-order valence-corrected chi connectivity index (χ3v) is 4.99. The van der Waals surface area contributed by atoms with Crippen LogP contribution in [0.5, 0.6) is 11.5 Å². The Morgan fingerprint density at radius 1 is 0.815 bits per heavy atom. The molecule has 6 nitrogen and oxygen atoms in total. The molecule has 0 aliphatic rings. The van der Waals surface area contributed by atoms with Gasteiger partial charge in [-0.05, 0) is 74.7 Å². The molecular weight excluding hydrogens is 480 g/mol. The highest BCUT2D eigenvalue weighted by Gasteiger charge is 2.10. The van der Waals surface area contributed by atoms with Gasteiger partial charge in [-0.25, -0.2) is 0 Å². The van der Waals surface area contributed by atoms with Crippen LogP contribution >= 0.6 is 31.9 Å². The molecule has 0 radical (unpaired) electrons. The Kier molecular flexibility index (Phi) is 8.12. The third kappa shape index (κ3) is 5.97. The van der Waals surface area contributed by atoms with Crippen molar-refractivity contribution in [2.75, 3.05) is 27.3 Å². The van der Waals surface area contributed by atoms with Gasteiger partial charge >= 0.3 is 0 Å². The van der Waals surface area contributed by atoms with E-state index >= 15 is 0 Å². The summed E-state index contributed by atoms with van der Waals surface area (Å²) in [5.74, 6) is 0.978. The maximum Gasteiger partial charge on any atom is 0.251 e. The van der Waals surface area contributed by atoms with E-state index in [2.05, 4.69) is 42.5 Å². The van der Waals surface area contributed by atoms with Crippen molar-refractivity contribution in [3.05, 3.63) is 56.5 Å². The summed E-state index contributed by atoms with van der Waals surface area (Å²) in [7, 11) is 3.14. The van der Waals surface area contributed by atoms with Crippen LogP contribution in [0.1, 0.15) is 27.1 Å². The van der Waals surface area contributed by atoms with Gasteiger partial charge in [0.1, 0.15) is 11.5 Å². The van der Waals surface area contributed by atoms with Crippen molar-refractivity contribution >= 4 is 43.7 Å². The molecule has 0 aromatic heterocycles. The van der Waals surface area contributed by atoms with Crippen LogP contribution in [0.2, 0.25) is 0 Å². The largest absolute Gasteiger partial charge is 0.496 e. The lowest BCUT2D eigenvalue weighted by Gasteiger charge is -2.09. The second-order valence-electron chi connectivity index (χ2n) is 5.56. The van der Waals surface area contributed by atoms with Crippen molar-refractivity contribution in [3.8, 4) is 11.5 Å². The minimum Gasteiger partial charge on any atom is -0.496 e. The number of hydrogen-bond donors (Lipinski definition) is 2. The zero-order valence-electron chi connectivity index (χ0n) is 15.0. The molecular formula is C19H20Br2N2O4. The lowest BCUT2D eigenvalue weighted by Crippen LogP contribution is -2.29. The molecule has 0 spiro atoms. The Morgan fingerprint density at radius 2 is 1.22 bits per heavy atom. The van der Waals surface area contributed by atoms with Crippen molar-refractivity contribution in [2.45, 2.75) is 6.42 Å². The number of benzene rings is 2. The van der Waals surface area contributed by atoms with Gasteiger partial charge in [0.25, 0.3) is 11.8 Å². The highest BCUT2D eigenvalue weighted by Crippen LogP contribution is 2.26. The molecule has 2 rings (SSSR count). The summed E-state index contributed by atoms with van der Waals surface area (Å²) >= 11 is 6.71. The average molecular weight is 500 g/mol. The first-order chi connectivity index (χ1) is 13.0. The zero-order valence-corrected chi connectivity index (χ0v) is 18.1. The third-order valence-electron chi connectivity index (χ3n) is 3.75. The van der Waals surface area contributed by atoms with Crippen LogP contribution in [0, 0.1) is 0 Å². The summed E-state index contributed by atoms with van der Waals surface area (Å²) in [6, 6.07) is 10.3. The summed E-state index contributed by atoms with van der Waals surface area (Å²) in [6.45, 7) is 0.907. The lowest BCUT2D eigenvalue weighted by molar-refractivity contribution is 0.0951. The highest BCUT2D eigenvalue weighted by molar-refractivity contribution is 9.10. The normalized spacial score (nSPS) is 10.2. The number of carbonyl (C=O) groups is 2. The first-order valence-electron chi connectivity index (χ1n) is 8.19. The van der Waals surface area contributed by atoms with E-state index in [4.69, 9.17) is 9.47 Å². The van der Waals surface area contributed by atoms with Crippen LogP contribution in [0.4, 0.5) is 0 Å². The van der Waals surface area contributed by atoms with Gasteiger partial charge in [0.2, 0.25) is 0 Å². The number of carbonyl (C=O) groups excluding carboxylic acids is 2. The number of ether oxygens (including phenoxy) is 2. The molecule has 0 heterocycles. The molecule has 0 saturated heterocycles. The van der Waals surface area contributed by atoms with E-state index in [0.29, 0.717) is 42.1 Å². The zero-order chi connectivity index (χ0) is 19.8. The highest BCUT2D eigenvalue weighted by atomic mass is 79.9. The molecule has 0 fully saturated rings. The van der Waals surface area contributed by atoms with E-state index in [1.807, 2.05) is 0 Å². The minimum atomic E-state index is -0.177. The number of methoxy groups -OCH3 is 2. The number of amides is 2. The Bertz CT molecular complexity index is 760. The van der Waals surface area contributed by atoms with Crippen molar-refractivity contribution in [2.24, 2.45) is 0 Å². The Hall–Kier alpha value is -2.06. The Morgan fingerprint density at radius 3 is 1.56 bits per heavy atom. The van der Waals surface area contributed by atoms with Gasteiger partial charge in [0.15, 0.2) is 0 Å². The van der Waals surface area contributed by atoms with E-state index < -0.39 is 0 Å². The SMILES string of the molecule is COc1ccc(C(=O)NCCCNC(=O)c2ccc(OC)c(Br)c2)cc1Br. The summed E-state index contributed by atoms with van der Waals surface area (Å²) in [5.41, 5.74) is 1.07. The summed E-state index contributed by atoms with van der Waals surface area (Å²) < 4.78 is 11.7.